The predicted octanol–water partition coefficient (Wildman–Crippen LogP) is 5.24. The molecule has 3 rings (SSSR count). The standard InChI is InChI=1S/C26H33NO6/c1-7-30-23(28)22-21(27(26(5,6)32-22)24(29)33-25(2,3)4)19-13-15-20(16-14-19)31-17-18-11-9-8-10-12-18/h8-16,21-22H,7,17H2,1-6H3. The van der Waals surface area contributed by atoms with Gasteiger partial charge in [-0.2, -0.15) is 0 Å². The van der Waals surface area contributed by atoms with Gasteiger partial charge in [-0.15, -0.1) is 0 Å². The SMILES string of the molecule is CCOC(=O)C1OC(C)(C)N(C(=O)OC(C)(C)C)C1c1ccc(OCc2ccccc2)cc1. The van der Waals surface area contributed by atoms with E-state index in [4.69, 9.17) is 18.9 Å². The van der Waals surface area contributed by atoms with Crippen molar-refractivity contribution in [3.05, 3.63) is 65.7 Å². The van der Waals surface area contributed by atoms with E-state index in [0.717, 1.165) is 11.1 Å². The van der Waals surface area contributed by atoms with Crippen LogP contribution in [-0.2, 0) is 25.6 Å². The van der Waals surface area contributed by atoms with Gasteiger partial charge in [0, 0.05) is 0 Å². The van der Waals surface area contributed by atoms with E-state index in [9.17, 15) is 9.59 Å². The van der Waals surface area contributed by atoms with Crippen molar-refractivity contribution in [3.8, 4) is 5.75 Å². The van der Waals surface area contributed by atoms with Crippen LogP contribution >= 0.6 is 0 Å². The summed E-state index contributed by atoms with van der Waals surface area (Å²) in [6.07, 6.45) is -1.54. The summed E-state index contributed by atoms with van der Waals surface area (Å²) in [4.78, 5) is 27.4. The van der Waals surface area contributed by atoms with Crippen molar-refractivity contribution in [2.45, 2.75) is 71.6 Å². The molecule has 1 aliphatic heterocycles. The van der Waals surface area contributed by atoms with Gasteiger partial charge in [-0.3, -0.25) is 4.90 Å². The molecule has 2 aromatic rings. The molecule has 0 aromatic heterocycles. The van der Waals surface area contributed by atoms with Gasteiger partial charge in [0.2, 0.25) is 0 Å². The lowest BCUT2D eigenvalue weighted by Crippen LogP contribution is -2.47. The van der Waals surface area contributed by atoms with Crippen LogP contribution in [0.3, 0.4) is 0 Å². The zero-order valence-electron chi connectivity index (χ0n) is 20.2. The van der Waals surface area contributed by atoms with Crippen LogP contribution < -0.4 is 4.74 Å². The minimum Gasteiger partial charge on any atom is -0.489 e. The molecule has 178 valence electrons. The van der Waals surface area contributed by atoms with Gasteiger partial charge in [0.05, 0.1) is 6.61 Å². The Hall–Kier alpha value is -3.06. The molecule has 7 heteroatoms. The van der Waals surface area contributed by atoms with Crippen molar-refractivity contribution in [2.24, 2.45) is 0 Å². The van der Waals surface area contributed by atoms with Gasteiger partial charge < -0.3 is 18.9 Å². The molecule has 0 radical (unpaired) electrons. The maximum Gasteiger partial charge on any atom is 0.413 e. The average molecular weight is 456 g/mol. The van der Waals surface area contributed by atoms with Crippen LogP contribution in [0.4, 0.5) is 4.79 Å². The lowest BCUT2D eigenvalue weighted by molar-refractivity contribution is -0.161. The lowest BCUT2D eigenvalue weighted by atomic mass is 10.00. The minimum atomic E-state index is -1.08. The predicted molar refractivity (Wildman–Crippen MR) is 124 cm³/mol. The van der Waals surface area contributed by atoms with Crippen LogP contribution in [0.25, 0.3) is 0 Å². The number of ether oxygens (including phenoxy) is 4. The third-order valence-electron chi connectivity index (χ3n) is 5.14. The molecule has 0 spiro atoms. The molecule has 1 heterocycles. The maximum absolute atomic E-state index is 13.2. The molecule has 2 aromatic carbocycles. The number of nitrogens with zero attached hydrogens (tertiary/aromatic N) is 1. The van der Waals surface area contributed by atoms with Crippen LogP contribution in [0.5, 0.6) is 5.75 Å². The van der Waals surface area contributed by atoms with Crippen LogP contribution in [0.2, 0.25) is 0 Å². The maximum atomic E-state index is 13.2. The second-order valence-electron chi connectivity index (χ2n) is 9.38. The zero-order chi connectivity index (χ0) is 24.2. The average Bonchev–Trinajstić information content (AvgIpc) is 3.04. The van der Waals surface area contributed by atoms with Gasteiger partial charge in [-0.25, -0.2) is 9.59 Å². The molecule has 0 N–H and O–H groups in total. The Morgan fingerprint density at radius 1 is 1.03 bits per heavy atom. The summed E-state index contributed by atoms with van der Waals surface area (Å²) in [5, 5.41) is 0. The molecule has 7 nitrogen and oxygen atoms in total. The lowest BCUT2D eigenvalue weighted by Gasteiger charge is -2.35. The van der Waals surface area contributed by atoms with Crippen molar-refractivity contribution in [3.63, 3.8) is 0 Å². The van der Waals surface area contributed by atoms with Crippen LogP contribution in [0.15, 0.2) is 54.6 Å². The third kappa shape index (κ3) is 6.05. The van der Waals surface area contributed by atoms with E-state index >= 15 is 0 Å². The molecule has 1 aliphatic rings. The molecule has 0 saturated carbocycles. The Balaban J connectivity index is 1.88. The van der Waals surface area contributed by atoms with Crippen molar-refractivity contribution < 1.29 is 28.5 Å². The summed E-state index contributed by atoms with van der Waals surface area (Å²) in [5.74, 6) is 0.156. The normalized spacial score (nSPS) is 19.8. The summed E-state index contributed by atoms with van der Waals surface area (Å²) in [6, 6.07) is 16.5. The van der Waals surface area contributed by atoms with E-state index in [0.29, 0.717) is 12.4 Å². The van der Waals surface area contributed by atoms with E-state index in [1.165, 1.54) is 4.90 Å². The highest BCUT2D eigenvalue weighted by Crippen LogP contribution is 2.43. The number of rotatable bonds is 6. The molecule has 0 aliphatic carbocycles. The Labute approximate surface area is 195 Å². The van der Waals surface area contributed by atoms with E-state index in [1.54, 1.807) is 41.5 Å². The van der Waals surface area contributed by atoms with Crippen molar-refractivity contribution in [1.29, 1.82) is 0 Å². The second-order valence-corrected chi connectivity index (χ2v) is 9.38. The Kier molecular flexibility index (Phi) is 7.32. The highest BCUT2D eigenvalue weighted by molar-refractivity contribution is 5.79. The summed E-state index contributed by atoms with van der Waals surface area (Å²) < 4.78 is 22.8. The fraction of sp³-hybridized carbons (Fsp3) is 0.462. The van der Waals surface area contributed by atoms with E-state index in [1.807, 2.05) is 54.6 Å². The Morgan fingerprint density at radius 2 is 1.67 bits per heavy atom. The molecular weight excluding hydrogens is 422 g/mol. The zero-order valence-corrected chi connectivity index (χ0v) is 20.2. The molecule has 2 atom stereocenters. The van der Waals surface area contributed by atoms with Crippen LogP contribution in [-0.4, -0.2) is 41.0 Å². The Morgan fingerprint density at radius 3 is 2.24 bits per heavy atom. The largest absolute Gasteiger partial charge is 0.489 e. The van der Waals surface area contributed by atoms with Gasteiger partial charge in [-0.05, 0) is 64.8 Å². The first-order chi connectivity index (χ1) is 15.5. The van der Waals surface area contributed by atoms with Gasteiger partial charge >= 0.3 is 12.1 Å². The summed E-state index contributed by atoms with van der Waals surface area (Å²) in [7, 11) is 0. The molecular formula is C26H33NO6. The summed E-state index contributed by atoms with van der Waals surface area (Å²) in [6.45, 7) is 11.3. The first kappa shape index (κ1) is 24.6. The van der Waals surface area contributed by atoms with Gasteiger partial charge in [-0.1, -0.05) is 42.5 Å². The van der Waals surface area contributed by atoms with Crippen molar-refractivity contribution in [1.82, 2.24) is 4.90 Å². The van der Waals surface area contributed by atoms with Crippen LogP contribution in [0, 0.1) is 0 Å². The molecule has 1 fully saturated rings. The number of esters is 1. The van der Waals surface area contributed by atoms with E-state index < -0.39 is 35.5 Å². The summed E-state index contributed by atoms with van der Waals surface area (Å²) in [5.41, 5.74) is 0.00411. The van der Waals surface area contributed by atoms with Gasteiger partial charge in [0.15, 0.2) is 6.10 Å². The second kappa shape index (κ2) is 9.83. The third-order valence-corrected chi connectivity index (χ3v) is 5.14. The quantitative estimate of drug-likeness (QED) is 0.555. The number of hydrogen-bond acceptors (Lipinski definition) is 6. The van der Waals surface area contributed by atoms with Crippen molar-refractivity contribution >= 4 is 12.1 Å². The topological polar surface area (TPSA) is 74.3 Å². The van der Waals surface area contributed by atoms with Gasteiger partial charge in [0.1, 0.15) is 29.7 Å². The highest BCUT2D eigenvalue weighted by atomic mass is 16.6. The van der Waals surface area contributed by atoms with E-state index in [-0.39, 0.29) is 6.61 Å². The fourth-order valence-electron chi connectivity index (χ4n) is 3.77. The molecule has 33 heavy (non-hydrogen) atoms. The molecule has 2 unspecified atom stereocenters. The van der Waals surface area contributed by atoms with Crippen molar-refractivity contribution in [2.75, 3.05) is 6.61 Å². The number of carbonyl (C=O) groups is 2. The number of amides is 1. The highest BCUT2D eigenvalue weighted by Gasteiger charge is 2.55. The van der Waals surface area contributed by atoms with Gasteiger partial charge in [0.25, 0.3) is 0 Å². The first-order valence-corrected chi connectivity index (χ1v) is 11.2. The number of hydrogen-bond donors (Lipinski definition) is 0. The smallest absolute Gasteiger partial charge is 0.413 e. The molecule has 1 saturated heterocycles. The number of carbonyl (C=O) groups excluding carboxylic acids is 2. The van der Waals surface area contributed by atoms with E-state index in [2.05, 4.69) is 0 Å². The number of benzene rings is 2. The minimum absolute atomic E-state index is 0.213. The Bertz CT molecular complexity index is 949. The first-order valence-electron chi connectivity index (χ1n) is 11.2. The molecule has 1 amide bonds. The monoisotopic (exact) mass is 455 g/mol. The summed E-state index contributed by atoms with van der Waals surface area (Å²) >= 11 is 0. The van der Waals surface area contributed by atoms with Crippen LogP contribution in [0.1, 0.15) is 58.7 Å². The fourth-order valence-corrected chi connectivity index (χ4v) is 3.77. The molecule has 0 bridgehead atoms.